The fourth-order valence-electron chi connectivity index (χ4n) is 2.32. The van der Waals surface area contributed by atoms with E-state index in [9.17, 15) is 0 Å². The number of nitrogens with zero attached hydrogens (tertiary/aromatic N) is 3. The molecule has 19 heavy (non-hydrogen) atoms. The zero-order valence-corrected chi connectivity index (χ0v) is 12.9. The lowest BCUT2D eigenvalue weighted by Gasteiger charge is -2.22. The molecule has 0 saturated heterocycles. The Morgan fingerprint density at radius 1 is 1.37 bits per heavy atom. The molecule has 1 saturated carbocycles. The van der Waals surface area contributed by atoms with Crippen LogP contribution in [0.1, 0.15) is 31.6 Å². The Labute approximate surface area is 122 Å². The molecule has 2 aromatic heterocycles. The molecule has 1 aliphatic carbocycles. The highest BCUT2D eigenvalue weighted by Crippen LogP contribution is 2.35. The molecule has 0 radical (unpaired) electrons. The molecule has 2 aromatic rings. The van der Waals surface area contributed by atoms with Gasteiger partial charge in [0, 0.05) is 18.0 Å². The predicted molar refractivity (Wildman–Crippen MR) is 82.4 cm³/mol. The first-order valence-electron chi connectivity index (χ1n) is 6.92. The highest BCUT2D eigenvalue weighted by atomic mass is 35.5. The number of aromatic nitrogens is 2. The highest BCUT2D eigenvalue weighted by molar-refractivity contribution is 7.18. The van der Waals surface area contributed by atoms with Crippen molar-refractivity contribution in [1.82, 2.24) is 9.97 Å². The Morgan fingerprint density at radius 3 is 2.79 bits per heavy atom. The van der Waals surface area contributed by atoms with Gasteiger partial charge in [0.2, 0.25) is 5.28 Å². The van der Waals surface area contributed by atoms with Gasteiger partial charge in [-0.1, -0.05) is 6.92 Å². The summed E-state index contributed by atoms with van der Waals surface area (Å²) in [6, 6.07) is 2.22. The number of thiophene rings is 1. The quantitative estimate of drug-likeness (QED) is 0.776. The Morgan fingerprint density at radius 2 is 2.16 bits per heavy atom. The summed E-state index contributed by atoms with van der Waals surface area (Å²) in [4.78, 5) is 13.6. The maximum absolute atomic E-state index is 6.09. The van der Waals surface area contributed by atoms with Gasteiger partial charge in [0.05, 0.1) is 5.39 Å². The number of hydrogen-bond acceptors (Lipinski definition) is 4. The number of anilines is 1. The maximum atomic E-state index is 6.09. The molecule has 102 valence electrons. The van der Waals surface area contributed by atoms with E-state index in [-0.39, 0.29) is 0 Å². The Balaban J connectivity index is 2.05. The minimum Gasteiger partial charge on any atom is -0.356 e. The third-order valence-electron chi connectivity index (χ3n) is 3.60. The summed E-state index contributed by atoms with van der Waals surface area (Å²) in [5.74, 6) is 1.85. The van der Waals surface area contributed by atoms with Gasteiger partial charge in [0.15, 0.2) is 0 Å². The normalized spacial score (nSPS) is 15.1. The van der Waals surface area contributed by atoms with Crippen LogP contribution in [-0.4, -0.2) is 23.1 Å². The van der Waals surface area contributed by atoms with Crippen molar-refractivity contribution in [3.8, 4) is 0 Å². The third-order valence-corrected chi connectivity index (χ3v) is 4.94. The molecule has 1 aliphatic rings. The summed E-state index contributed by atoms with van der Waals surface area (Å²) >= 11 is 7.81. The summed E-state index contributed by atoms with van der Waals surface area (Å²) in [6.07, 6.45) is 3.73. The van der Waals surface area contributed by atoms with Crippen LogP contribution in [0.5, 0.6) is 0 Å². The van der Waals surface area contributed by atoms with Gasteiger partial charge in [-0.3, -0.25) is 0 Å². The molecule has 1 fully saturated rings. The molecule has 0 aromatic carbocycles. The molecule has 0 unspecified atom stereocenters. The van der Waals surface area contributed by atoms with Crippen molar-refractivity contribution in [2.45, 2.75) is 33.1 Å². The monoisotopic (exact) mass is 295 g/mol. The Bertz CT molecular complexity index is 592. The van der Waals surface area contributed by atoms with Gasteiger partial charge in [-0.2, -0.15) is 4.98 Å². The first-order valence-corrected chi connectivity index (χ1v) is 8.11. The summed E-state index contributed by atoms with van der Waals surface area (Å²) in [5.41, 5.74) is 0. The topological polar surface area (TPSA) is 29.0 Å². The van der Waals surface area contributed by atoms with Crippen molar-refractivity contribution in [2.24, 2.45) is 5.92 Å². The lowest BCUT2D eigenvalue weighted by atomic mass is 10.2. The minimum atomic E-state index is 0.362. The molecule has 0 spiro atoms. The SMILES string of the molecule is CCc1cc2c(N(CC)CC3CC3)nc(Cl)nc2s1. The lowest BCUT2D eigenvalue weighted by Crippen LogP contribution is -2.26. The van der Waals surface area contributed by atoms with E-state index in [2.05, 4.69) is 34.8 Å². The second-order valence-electron chi connectivity index (χ2n) is 5.08. The lowest BCUT2D eigenvalue weighted by molar-refractivity contribution is 0.734. The number of fused-ring (bicyclic) bond motifs is 1. The van der Waals surface area contributed by atoms with Crippen LogP contribution in [-0.2, 0) is 6.42 Å². The predicted octanol–water partition coefficient (Wildman–Crippen LogP) is 4.14. The number of halogens is 1. The Kier molecular flexibility index (Phi) is 3.63. The van der Waals surface area contributed by atoms with Crippen LogP contribution in [0.3, 0.4) is 0 Å². The fraction of sp³-hybridized carbons (Fsp3) is 0.571. The van der Waals surface area contributed by atoms with Gasteiger partial charge in [-0.05, 0) is 49.8 Å². The molecular weight excluding hydrogens is 278 g/mol. The number of aryl methyl sites for hydroxylation is 1. The van der Waals surface area contributed by atoms with E-state index < -0.39 is 0 Å². The van der Waals surface area contributed by atoms with E-state index in [4.69, 9.17) is 11.6 Å². The van der Waals surface area contributed by atoms with E-state index in [0.717, 1.165) is 41.5 Å². The van der Waals surface area contributed by atoms with Crippen LogP contribution in [0, 0.1) is 5.92 Å². The largest absolute Gasteiger partial charge is 0.356 e. The van der Waals surface area contributed by atoms with Crippen LogP contribution < -0.4 is 4.90 Å². The van der Waals surface area contributed by atoms with Crippen LogP contribution in [0.4, 0.5) is 5.82 Å². The molecule has 3 rings (SSSR count). The number of hydrogen-bond donors (Lipinski definition) is 0. The molecule has 2 heterocycles. The van der Waals surface area contributed by atoms with E-state index in [1.54, 1.807) is 11.3 Å². The van der Waals surface area contributed by atoms with Crippen molar-refractivity contribution in [3.63, 3.8) is 0 Å². The zero-order chi connectivity index (χ0) is 13.4. The van der Waals surface area contributed by atoms with Gasteiger partial charge in [0.1, 0.15) is 10.6 Å². The van der Waals surface area contributed by atoms with Crippen LogP contribution in [0.2, 0.25) is 5.28 Å². The van der Waals surface area contributed by atoms with E-state index >= 15 is 0 Å². The first kappa shape index (κ1) is 13.1. The van der Waals surface area contributed by atoms with Crippen LogP contribution in [0.25, 0.3) is 10.2 Å². The zero-order valence-electron chi connectivity index (χ0n) is 11.3. The standard InChI is InChI=1S/C14H18ClN3S/c1-3-10-7-11-12(16-14(15)17-13(11)19-10)18(4-2)8-9-5-6-9/h7,9H,3-6,8H2,1-2H3. The molecule has 5 heteroatoms. The average Bonchev–Trinajstić information content (AvgIpc) is 3.12. The maximum Gasteiger partial charge on any atom is 0.225 e. The first-order chi connectivity index (χ1) is 9.21. The molecular formula is C14H18ClN3S. The number of rotatable bonds is 5. The van der Waals surface area contributed by atoms with Gasteiger partial charge in [-0.15, -0.1) is 11.3 Å². The second-order valence-corrected chi connectivity index (χ2v) is 6.54. The van der Waals surface area contributed by atoms with Crippen molar-refractivity contribution in [3.05, 3.63) is 16.2 Å². The summed E-state index contributed by atoms with van der Waals surface area (Å²) in [7, 11) is 0. The van der Waals surface area contributed by atoms with Gasteiger partial charge in [0.25, 0.3) is 0 Å². The van der Waals surface area contributed by atoms with Crippen LogP contribution in [0.15, 0.2) is 6.07 Å². The molecule has 0 atom stereocenters. The molecule has 0 N–H and O–H groups in total. The summed E-state index contributed by atoms with van der Waals surface area (Å²) in [6.45, 7) is 6.41. The Hall–Kier alpha value is -0.870. The smallest absolute Gasteiger partial charge is 0.225 e. The fourth-order valence-corrected chi connectivity index (χ4v) is 3.50. The van der Waals surface area contributed by atoms with E-state index in [0.29, 0.717) is 5.28 Å². The molecule has 3 nitrogen and oxygen atoms in total. The van der Waals surface area contributed by atoms with Crippen molar-refractivity contribution in [1.29, 1.82) is 0 Å². The summed E-state index contributed by atoms with van der Waals surface area (Å²) in [5, 5.41) is 1.52. The van der Waals surface area contributed by atoms with Crippen molar-refractivity contribution in [2.75, 3.05) is 18.0 Å². The third kappa shape index (κ3) is 2.70. The van der Waals surface area contributed by atoms with Gasteiger partial charge >= 0.3 is 0 Å². The van der Waals surface area contributed by atoms with Crippen molar-refractivity contribution >= 4 is 39.0 Å². The molecule has 0 bridgehead atoms. The average molecular weight is 296 g/mol. The van der Waals surface area contributed by atoms with Gasteiger partial charge < -0.3 is 4.90 Å². The van der Waals surface area contributed by atoms with Crippen LogP contribution >= 0.6 is 22.9 Å². The van der Waals surface area contributed by atoms with Gasteiger partial charge in [-0.25, -0.2) is 4.98 Å². The molecule has 0 amide bonds. The van der Waals surface area contributed by atoms with E-state index in [1.165, 1.54) is 17.7 Å². The second kappa shape index (κ2) is 5.25. The van der Waals surface area contributed by atoms with E-state index in [1.807, 2.05) is 0 Å². The van der Waals surface area contributed by atoms with Crippen molar-refractivity contribution < 1.29 is 0 Å². The highest BCUT2D eigenvalue weighted by Gasteiger charge is 2.25. The summed E-state index contributed by atoms with van der Waals surface area (Å²) < 4.78 is 0. The minimum absolute atomic E-state index is 0.362. The molecule has 0 aliphatic heterocycles.